The highest BCUT2D eigenvalue weighted by molar-refractivity contribution is 8.00. The number of hydrogen-bond donors (Lipinski definition) is 1. The molecule has 5 heteroatoms. The van der Waals surface area contributed by atoms with Crippen molar-refractivity contribution in [1.29, 1.82) is 0 Å². The van der Waals surface area contributed by atoms with Crippen molar-refractivity contribution in [2.24, 2.45) is 0 Å². The number of carbonyl (C=O) groups excluding carboxylic acids is 1. The predicted octanol–water partition coefficient (Wildman–Crippen LogP) is 7.41. The van der Waals surface area contributed by atoms with Gasteiger partial charge in [0.15, 0.2) is 0 Å². The van der Waals surface area contributed by atoms with Crippen LogP contribution in [0.25, 0.3) is 22.0 Å². The van der Waals surface area contributed by atoms with E-state index in [1.807, 2.05) is 67.5 Å². The summed E-state index contributed by atoms with van der Waals surface area (Å²) in [4.78, 5) is 17.8. The van der Waals surface area contributed by atoms with Crippen LogP contribution in [-0.2, 0) is 0 Å². The van der Waals surface area contributed by atoms with Gasteiger partial charge in [-0.2, -0.15) is 0 Å². The largest absolute Gasteiger partial charge is 0.322 e. The Bertz CT molecular complexity index is 1340. The lowest BCUT2D eigenvalue weighted by Gasteiger charge is -2.22. The van der Waals surface area contributed by atoms with Crippen molar-refractivity contribution in [2.45, 2.75) is 33.1 Å². The maximum Gasteiger partial charge on any atom is 0.255 e. The number of anilines is 2. The van der Waals surface area contributed by atoms with Crippen molar-refractivity contribution in [1.82, 2.24) is 4.98 Å². The van der Waals surface area contributed by atoms with Crippen LogP contribution in [0, 0.1) is 13.8 Å². The van der Waals surface area contributed by atoms with Gasteiger partial charge in [-0.1, -0.05) is 36.8 Å². The Morgan fingerprint density at radius 3 is 2.71 bits per heavy atom. The van der Waals surface area contributed by atoms with Crippen LogP contribution in [0.2, 0.25) is 0 Å². The number of benzene rings is 3. The topological polar surface area (TPSA) is 45.2 Å². The van der Waals surface area contributed by atoms with Crippen molar-refractivity contribution < 1.29 is 4.79 Å². The Kier molecular flexibility index (Phi) is 6.54. The molecule has 0 bridgehead atoms. The van der Waals surface area contributed by atoms with Crippen LogP contribution < -0.4 is 9.62 Å². The molecule has 0 atom stereocenters. The molecule has 172 valence electrons. The number of aryl methyl sites for hydroxylation is 2. The zero-order chi connectivity index (χ0) is 23.5. The summed E-state index contributed by atoms with van der Waals surface area (Å²) in [5.41, 5.74) is 6.73. The van der Waals surface area contributed by atoms with Crippen molar-refractivity contribution >= 4 is 40.0 Å². The van der Waals surface area contributed by atoms with E-state index in [-0.39, 0.29) is 5.91 Å². The van der Waals surface area contributed by atoms with Gasteiger partial charge in [-0.25, -0.2) is 0 Å². The zero-order valence-electron chi connectivity index (χ0n) is 19.7. The Hall–Kier alpha value is -3.31. The number of hydrogen-bond acceptors (Lipinski definition) is 4. The molecule has 2 heterocycles. The molecule has 3 aromatic carbocycles. The third-order valence-corrected chi connectivity index (χ3v) is 7.60. The second-order valence-electron chi connectivity index (χ2n) is 8.86. The normalized spacial score (nSPS) is 14.1. The molecule has 1 amide bonds. The summed E-state index contributed by atoms with van der Waals surface area (Å²) in [7, 11) is 0. The fraction of sp³-hybridized carbons (Fsp3) is 0.241. The summed E-state index contributed by atoms with van der Waals surface area (Å²) in [5.74, 6) is 1.07. The van der Waals surface area contributed by atoms with Crippen LogP contribution in [0.5, 0.6) is 0 Å². The Morgan fingerprint density at radius 1 is 0.941 bits per heavy atom. The van der Waals surface area contributed by atoms with Crippen molar-refractivity contribution in [3.63, 3.8) is 0 Å². The smallest absolute Gasteiger partial charge is 0.255 e. The summed E-state index contributed by atoms with van der Waals surface area (Å²) < 4.78 is 2.37. The van der Waals surface area contributed by atoms with Crippen LogP contribution in [0.3, 0.4) is 0 Å². The summed E-state index contributed by atoms with van der Waals surface area (Å²) >= 11 is 1.89. The Balaban J connectivity index is 1.40. The van der Waals surface area contributed by atoms with Gasteiger partial charge in [-0.15, -0.1) is 0 Å². The number of carbonyl (C=O) groups is 1. The minimum absolute atomic E-state index is 0.0896. The van der Waals surface area contributed by atoms with Crippen molar-refractivity contribution in [3.8, 4) is 11.3 Å². The number of rotatable bonds is 4. The first-order valence-corrected chi connectivity index (χ1v) is 12.8. The summed E-state index contributed by atoms with van der Waals surface area (Å²) in [6, 6.07) is 22.5. The molecule has 5 rings (SSSR count). The first-order chi connectivity index (χ1) is 16.6. The highest BCUT2D eigenvalue weighted by Gasteiger charge is 2.16. The molecule has 1 aliphatic heterocycles. The third-order valence-electron chi connectivity index (χ3n) is 6.42. The number of aromatic nitrogens is 1. The van der Waals surface area contributed by atoms with E-state index in [1.54, 1.807) is 0 Å². The quantitative estimate of drug-likeness (QED) is 0.317. The van der Waals surface area contributed by atoms with Crippen molar-refractivity contribution in [2.75, 3.05) is 21.9 Å². The lowest BCUT2D eigenvalue weighted by atomic mass is 9.99. The van der Waals surface area contributed by atoms with Gasteiger partial charge in [0.2, 0.25) is 0 Å². The van der Waals surface area contributed by atoms with Crippen LogP contribution in [0.1, 0.15) is 40.7 Å². The molecule has 4 aromatic rings. The number of nitrogens with one attached hydrogen (secondary N) is 1. The van der Waals surface area contributed by atoms with E-state index in [1.165, 1.54) is 24.9 Å². The monoisotopic (exact) mass is 467 g/mol. The van der Waals surface area contributed by atoms with Gasteiger partial charge < -0.3 is 9.62 Å². The second kappa shape index (κ2) is 9.90. The number of nitrogens with zero attached hydrogens (tertiary/aromatic N) is 2. The van der Waals surface area contributed by atoms with Gasteiger partial charge in [-0.3, -0.25) is 9.78 Å². The Morgan fingerprint density at radius 2 is 1.82 bits per heavy atom. The van der Waals surface area contributed by atoms with Crippen LogP contribution in [0.4, 0.5) is 11.4 Å². The van der Waals surface area contributed by atoms with Gasteiger partial charge in [0.25, 0.3) is 5.91 Å². The lowest BCUT2D eigenvalue weighted by molar-refractivity contribution is 0.102. The van der Waals surface area contributed by atoms with E-state index in [0.717, 1.165) is 51.1 Å². The van der Waals surface area contributed by atoms with E-state index in [0.29, 0.717) is 5.56 Å². The second-order valence-corrected chi connectivity index (χ2v) is 9.97. The van der Waals surface area contributed by atoms with Crippen LogP contribution >= 0.6 is 11.9 Å². The molecular weight excluding hydrogens is 438 g/mol. The summed E-state index contributed by atoms with van der Waals surface area (Å²) in [6.45, 7) is 5.15. The molecule has 1 aromatic heterocycles. The fourth-order valence-electron chi connectivity index (χ4n) is 4.52. The molecule has 0 radical (unpaired) electrons. The standard InChI is InChI=1S/C29H29N3OS/c1-20-10-11-23(19-27(20)28-26-9-5-4-8-22(26)14-15-30-28)31-29(33)25-13-12-24(18-21(25)2)32-16-6-3-7-17-34-32/h4-5,8-15,18-19H,3,6-7,16-17H2,1-2H3,(H,31,33). The first-order valence-electron chi connectivity index (χ1n) is 11.9. The summed E-state index contributed by atoms with van der Waals surface area (Å²) in [5, 5.41) is 5.37. The van der Waals surface area contributed by atoms with E-state index in [2.05, 4.69) is 45.8 Å². The summed E-state index contributed by atoms with van der Waals surface area (Å²) in [6.07, 6.45) is 5.62. The zero-order valence-corrected chi connectivity index (χ0v) is 20.5. The van der Waals surface area contributed by atoms with Crippen LogP contribution in [0.15, 0.2) is 72.9 Å². The molecule has 1 fully saturated rings. The maximum absolute atomic E-state index is 13.2. The van der Waals surface area contributed by atoms with Crippen LogP contribution in [-0.4, -0.2) is 23.2 Å². The lowest BCUT2D eigenvalue weighted by Crippen LogP contribution is -2.17. The SMILES string of the molecule is Cc1cc(N2CCCCCS2)ccc1C(=O)Nc1ccc(C)c(-c2nccc3ccccc23)c1. The predicted molar refractivity (Wildman–Crippen MR) is 145 cm³/mol. The first kappa shape index (κ1) is 22.5. The molecule has 0 saturated carbocycles. The van der Waals surface area contributed by atoms with Gasteiger partial charge in [-0.05, 0) is 91.5 Å². The van der Waals surface area contributed by atoms with E-state index < -0.39 is 0 Å². The van der Waals surface area contributed by atoms with E-state index >= 15 is 0 Å². The molecule has 4 nitrogen and oxygen atoms in total. The molecule has 1 aliphatic rings. The molecular formula is C29H29N3OS. The van der Waals surface area contributed by atoms with E-state index in [9.17, 15) is 4.79 Å². The Labute approximate surface area is 205 Å². The fourth-order valence-corrected chi connectivity index (χ4v) is 5.60. The average molecular weight is 468 g/mol. The molecule has 34 heavy (non-hydrogen) atoms. The third kappa shape index (κ3) is 4.66. The highest BCUT2D eigenvalue weighted by atomic mass is 32.2. The van der Waals surface area contributed by atoms with Gasteiger partial charge in [0.05, 0.1) is 5.69 Å². The minimum Gasteiger partial charge on any atom is -0.322 e. The van der Waals surface area contributed by atoms with Gasteiger partial charge in [0, 0.05) is 46.4 Å². The number of fused-ring (bicyclic) bond motifs is 1. The molecule has 0 unspecified atom stereocenters. The average Bonchev–Trinajstić information content (AvgIpc) is 3.14. The molecule has 0 aliphatic carbocycles. The highest BCUT2D eigenvalue weighted by Crippen LogP contribution is 2.32. The minimum atomic E-state index is -0.0896. The number of amides is 1. The molecule has 0 spiro atoms. The molecule has 1 saturated heterocycles. The maximum atomic E-state index is 13.2. The number of pyridine rings is 1. The van der Waals surface area contributed by atoms with E-state index in [4.69, 9.17) is 0 Å². The van der Waals surface area contributed by atoms with Gasteiger partial charge >= 0.3 is 0 Å². The molecule has 1 N–H and O–H groups in total. The van der Waals surface area contributed by atoms with Crippen molar-refractivity contribution in [3.05, 3.63) is 89.6 Å². The van der Waals surface area contributed by atoms with Gasteiger partial charge in [0.1, 0.15) is 0 Å².